The Labute approximate surface area is 122 Å². The van der Waals surface area contributed by atoms with Crippen molar-refractivity contribution in [2.45, 2.75) is 13.3 Å². The normalized spacial score (nSPS) is 10.3. The number of anilines is 1. The average Bonchev–Trinajstić information content (AvgIpc) is 2.46. The van der Waals surface area contributed by atoms with Gasteiger partial charge >= 0.3 is 0 Å². The maximum absolute atomic E-state index is 10.7. The molecule has 0 fully saturated rings. The number of aldehydes is 1. The summed E-state index contributed by atoms with van der Waals surface area (Å²) in [4.78, 5) is 10.7. The average molecular weight is 287 g/mol. The molecule has 110 valence electrons. The van der Waals surface area contributed by atoms with E-state index in [2.05, 4.69) is 0 Å². The van der Waals surface area contributed by atoms with Crippen LogP contribution in [0.3, 0.4) is 0 Å². The van der Waals surface area contributed by atoms with Crippen LogP contribution in [0.2, 0.25) is 0 Å². The van der Waals surface area contributed by atoms with E-state index in [-0.39, 0.29) is 23.9 Å². The highest BCUT2D eigenvalue weighted by atomic mass is 16.5. The van der Waals surface area contributed by atoms with Gasteiger partial charge in [-0.05, 0) is 48.4 Å². The van der Waals surface area contributed by atoms with Crippen LogP contribution in [0.15, 0.2) is 30.3 Å². The molecule has 0 saturated carbocycles. The van der Waals surface area contributed by atoms with E-state index in [9.17, 15) is 15.0 Å². The second kappa shape index (κ2) is 6.17. The van der Waals surface area contributed by atoms with Crippen LogP contribution in [0.5, 0.6) is 17.2 Å². The summed E-state index contributed by atoms with van der Waals surface area (Å²) in [6, 6.07) is 7.75. The highest BCUT2D eigenvalue weighted by Gasteiger charge is 2.08. The van der Waals surface area contributed by atoms with Crippen molar-refractivity contribution >= 4 is 12.0 Å². The van der Waals surface area contributed by atoms with Gasteiger partial charge in [-0.25, -0.2) is 0 Å². The number of aromatic hydroxyl groups is 2. The third kappa shape index (κ3) is 3.45. The van der Waals surface area contributed by atoms with Gasteiger partial charge in [0.15, 0.2) is 11.5 Å². The van der Waals surface area contributed by atoms with Gasteiger partial charge in [0.1, 0.15) is 12.0 Å². The molecule has 0 aliphatic rings. The Bertz CT molecular complexity index is 668. The zero-order valence-electron chi connectivity index (χ0n) is 11.7. The first kappa shape index (κ1) is 14.7. The van der Waals surface area contributed by atoms with Crippen LogP contribution in [-0.4, -0.2) is 23.1 Å². The number of nitrogens with two attached hydrogens (primary N) is 1. The second-order valence-corrected chi connectivity index (χ2v) is 4.79. The Morgan fingerprint density at radius 3 is 2.71 bits per heavy atom. The molecule has 0 aliphatic carbocycles. The van der Waals surface area contributed by atoms with Gasteiger partial charge in [0.05, 0.1) is 6.61 Å². The van der Waals surface area contributed by atoms with E-state index >= 15 is 0 Å². The molecule has 0 aromatic heterocycles. The lowest BCUT2D eigenvalue weighted by Gasteiger charge is -2.11. The van der Waals surface area contributed by atoms with E-state index < -0.39 is 0 Å². The largest absolute Gasteiger partial charge is 0.507 e. The minimum atomic E-state index is -0.0337. The molecule has 0 amide bonds. The Kier molecular flexibility index (Phi) is 4.33. The summed E-state index contributed by atoms with van der Waals surface area (Å²) in [5.74, 6) is 0.395. The maximum Gasteiger partial charge on any atom is 0.161 e. The molecule has 0 spiro atoms. The molecule has 0 radical (unpaired) electrons. The lowest BCUT2D eigenvalue weighted by molar-refractivity contribution is 0.112. The third-order valence-corrected chi connectivity index (χ3v) is 3.15. The fraction of sp³-hybridized carbons (Fsp3) is 0.188. The molecule has 2 aromatic carbocycles. The minimum Gasteiger partial charge on any atom is -0.507 e. The maximum atomic E-state index is 10.7. The highest BCUT2D eigenvalue weighted by Crippen LogP contribution is 2.28. The van der Waals surface area contributed by atoms with Crippen molar-refractivity contribution in [3.8, 4) is 17.2 Å². The van der Waals surface area contributed by atoms with Crippen molar-refractivity contribution in [3.63, 3.8) is 0 Å². The smallest absolute Gasteiger partial charge is 0.161 e. The van der Waals surface area contributed by atoms with Crippen LogP contribution >= 0.6 is 0 Å². The fourth-order valence-corrected chi connectivity index (χ4v) is 2.06. The van der Waals surface area contributed by atoms with Crippen LogP contribution in [-0.2, 0) is 6.42 Å². The molecule has 21 heavy (non-hydrogen) atoms. The zero-order chi connectivity index (χ0) is 15.4. The monoisotopic (exact) mass is 287 g/mol. The quantitative estimate of drug-likeness (QED) is 0.446. The summed E-state index contributed by atoms with van der Waals surface area (Å²) >= 11 is 0. The van der Waals surface area contributed by atoms with E-state index in [4.69, 9.17) is 10.5 Å². The predicted molar refractivity (Wildman–Crippen MR) is 79.9 cm³/mol. The second-order valence-electron chi connectivity index (χ2n) is 4.79. The molecule has 0 heterocycles. The number of ether oxygens (including phenoxy) is 1. The molecule has 0 atom stereocenters. The Balaban J connectivity index is 2.07. The Morgan fingerprint density at radius 2 is 2.00 bits per heavy atom. The van der Waals surface area contributed by atoms with Gasteiger partial charge in [0.2, 0.25) is 0 Å². The zero-order valence-corrected chi connectivity index (χ0v) is 11.7. The molecular weight excluding hydrogens is 270 g/mol. The molecule has 2 rings (SSSR count). The van der Waals surface area contributed by atoms with Gasteiger partial charge in [-0.2, -0.15) is 0 Å². The highest BCUT2D eigenvalue weighted by molar-refractivity contribution is 5.76. The number of hydrogen-bond donors (Lipinski definition) is 3. The SMILES string of the molecule is Cc1cc(N)cc(CCOc2cc(C=O)ccc2O)c1O. The predicted octanol–water partition coefficient (Wildman–Crippen LogP) is 2.42. The summed E-state index contributed by atoms with van der Waals surface area (Å²) in [5, 5.41) is 19.6. The van der Waals surface area contributed by atoms with Crippen LogP contribution < -0.4 is 10.5 Å². The van der Waals surface area contributed by atoms with E-state index in [0.717, 1.165) is 0 Å². The number of rotatable bonds is 5. The third-order valence-electron chi connectivity index (χ3n) is 3.15. The molecule has 0 unspecified atom stereocenters. The van der Waals surface area contributed by atoms with Crippen molar-refractivity contribution in [1.82, 2.24) is 0 Å². The van der Waals surface area contributed by atoms with Crippen LogP contribution in [0.4, 0.5) is 5.69 Å². The molecular formula is C16H17NO4. The van der Waals surface area contributed by atoms with Crippen molar-refractivity contribution in [3.05, 3.63) is 47.0 Å². The van der Waals surface area contributed by atoms with Crippen LogP contribution in [0, 0.1) is 6.92 Å². The van der Waals surface area contributed by atoms with Gasteiger partial charge in [0, 0.05) is 17.7 Å². The molecule has 5 heteroatoms. The number of nitrogen functional groups attached to an aromatic ring is 1. The summed E-state index contributed by atoms with van der Waals surface area (Å²) < 4.78 is 5.46. The van der Waals surface area contributed by atoms with Crippen molar-refractivity contribution in [2.75, 3.05) is 12.3 Å². The van der Waals surface area contributed by atoms with E-state index in [1.165, 1.54) is 18.2 Å². The molecule has 0 bridgehead atoms. The number of phenolic OH excluding ortho intramolecular Hbond substituents is 2. The number of hydrogen-bond acceptors (Lipinski definition) is 5. The number of carbonyl (C=O) groups excluding carboxylic acids is 1. The van der Waals surface area contributed by atoms with E-state index in [0.29, 0.717) is 35.1 Å². The first-order chi connectivity index (χ1) is 10.0. The van der Waals surface area contributed by atoms with E-state index in [1.807, 2.05) is 0 Å². The molecule has 0 saturated heterocycles. The van der Waals surface area contributed by atoms with Gasteiger partial charge in [0.25, 0.3) is 0 Å². The van der Waals surface area contributed by atoms with Gasteiger partial charge < -0.3 is 20.7 Å². The van der Waals surface area contributed by atoms with Crippen molar-refractivity contribution in [1.29, 1.82) is 0 Å². The van der Waals surface area contributed by atoms with Crippen molar-refractivity contribution < 1.29 is 19.7 Å². The number of benzene rings is 2. The lowest BCUT2D eigenvalue weighted by Crippen LogP contribution is -2.03. The fourth-order valence-electron chi connectivity index (χ4n) is 2.06. The molecule has 0 aliphatic heterocycles. The van der Waals surface area contributed by atoms with Gasteiger partial charge in [-0.3, -0.25) is 4.79 Å². The molecule has 4 N–H and O–H groups in total. The summed E-state index contributed by atoms with van der Waals surface area (Å²) in [7, 11) is 0. The van der Waals surface area contributed by atoms with Gasteiger partial charge in [-0.15, -0.1) is 0 Å². The standard InChI is InChI=1S/C16H17NO4/c1-10-6-13(17)8-12(16(10)20)4-5-21-15-7-11(9-18)2-3-14(15)19/h2-3,6-9,19-20H,4-5,17H2,1H3. The van der Waals surface area contributed by atoms with Crippen LogP contribution in [0.25, 0.3) is 0 Å². The lowest BCUT2D eigenvalue weighted by atomic mass is 10.1. The summed E-state index contributed by atoms with van der Waals surface area (Å²) in [6.45, 7) is 2.02. The van der Waals surface area contributed by atoms with Crippen molar-refractivity contribution in [2.24, 2.45) is 0 Å². The van der Waals surface area contributed by atoms with Gasteiger partial charge in [-0.1, -0.05) is 0 Å². The number of carbonyl (C=O) groups is 1. The topological polar surface area (TPSA) is 92.8 Å². The number of phenols is 2. The van der Waals surface area contributed by atoms with Crippen LogP contribution in [0.1, 0.15) is 21.5 Å². The molecule has 2 aromatic rings. The molecule has 5 nitrogen and oxygen atoms in total. The summed E-state index contributed by atoms with van der Waals surface area (Å²) in [5.41, 5.74) is 8.12. The first-order valence-electron chi connectivity index (χ1n) is 6.50. The minimum absolute atomic E-state index is 0.0337. The Morgan fingerprint density at radius 1 is 1.24 bits per heavy atom. The number of aryl methyl sites for hydroxylation is 1. The Hall–Kier alpha value is -2.69. The summed E-state index contributed by atoms with van der Waals surface area (Å²) in [6.07, 6.45) is 1.11. The first-order valence-corrected chi connectivity index (χ1v) is 6.50. The van der Waals surface area contributed by atoms with E-state index in [1.54, 1.807) is 19.1 Å².